The van der Waals surface area contributed by atoms with Crippen LogP contribution < -0.4 is 20.4 Å². The molecular formula is C26H25O2P. The predicted octanol–water partition coefficient (Wildman–Crippen LogP) is 5.11. The molecule has 2 nitrogen and oxygen atoms in total. The quantitative estimate of drug-likeness (QED) is 0.401. The van der Waals surface area contributed by atoms with E-state index in [4.69, 9.17) is 9.26 Å². The summed E-state index contributed by atoms with van der Waals surface area (Å²) in [4.78, 5) is 0. The van der Waals surface area contributed by atoms with Crippen LogP contribution in [0.25, 0.3) is 0 Å². The molecule has 0 heterocycles. The van der Waals surface area contributed by atoms with Crippen LogP contribution in [0.2, 0.25) is 0 Å². The van der Waals surface area contributed by atoms with Crippen LogP contribution in [0.1, 0.15) is 0 Å². The first-order valence-electron chi connectivity index (χ1n) is 9.71. The van der Waals surface area contributed by atoms with Gasteiger partial charge in [-0.1, -0.05) is 0 Å². The van der Waals surface area contributed by atoms with Crippen molar-refractivity contribution in [3.63, 3.8) is 0 Å². The predicted molar refractivity (Wildman–Crippen MR) is 124 cm³/mol. The van der Waals surface area contributed by atoms with Crippen molar-refractivity contribution in [3.05, 3.63) is 121 Å². The molecule has 0 radical (unpaired) electrons. The molecule has 0 amide bonds. The van der Waals surface area contributed by atoms with Crippen molar-refractivity contribution in [3.8, 4) is 5.75 Å². The van der Waals surface area contributed by atoms with E-state index >= 15 is 0 Å². The van der Waals surface area contributed by atoms with E-state index in [1.807, 2.05) is 48.5 Å². The van der Waals surface area contributed by atoms with Gasteiger partial charge in [0.1, 0.15) is 0 Å². The van der Waals surface area contributed by atoms with E-state index in [0.717, 1.165) is 21.7 Å². The van der Waals surface area contributed by atoms with Gasteiger partial charge in [-0.15, -0.1) is 0 Å². The van der Waals surface area contributed by atoms with Crippen molar-refractivity contribution in [1.29, 1.82) is 0 Å². The molecule has 3 heteroatoms. The van der Waals surface area contributed by atoms with Gasteiger partial charge in [-0.25, -0.2) is 0 Å². The Bertz CT molecular complexity index is 936. The van der Waals surface area contributed by atoms with Gasteiger partial charge in [0.05, 0.1) is 0 Å². The third-order valence-electron chi connectivity index (χ3n) is 5.33. The van der Waals surface area contributed by atoms with Crippen LogP contribution in [0.4, 0.5) is 0 Å². The van der Waals surface area contributed by atoms with Gasteiger partial charge in [0.2, 0.25) is 0 Å². The summed E-state index contributed by atoms with van der Waals surface area (Å²) in [5.74, 6) is 0.832. The van der Waals surface area contributed by atoms with Crippen molar-refractivity contribution >= 4 is 22.7 Å². The van der Waals surface area contributed by atoms with E-state index in [2.05, 4.69) is 72.8 Å². The van der Waals surface area contributed by atoms with Crippen molar-refractivity contribution in [2.24, 2.45) is 0 Å². The first-order valence-corrected chi connectivity index (χ1v) is 12.1. The first-order chi connectivity index (χ1) is 14.3. The van der Waals surface area contributed by atoms with Crippen molar-refractivity contribution in [2.45, 2.75) is 0 Å². The second-order valence-electron chi connectivity index (χ2n) is 7.04. The van der Waals surface area contributed by atoms with Crippen molar-refractivity contribution in [1.82, 2.24) is 0 Å². The standard InChI is InChI=1S/C26H25O2P/c1-27-22-29(24-16-8-3-9-17-24,25-18-10-4-11-19-25,26-20-12-5-13-21-26)28-23-14-6-2-7-15-23/h2-21H,22H2,1H3. The Kier molecular flexibility index (Phi) is 5.49. The minimum atomic E-state index is -3.46. The van der Waals surface area contributed by atoms with Crippen LogP contribution in [0, 0.1) is 0 Å². The molecule has 4 aromatic carbocycles. The van der Waals surface area contributed by atoms with Crippen LogP contribution in [0.3, 0.4) is 0 Å². The van der Waals surface area contributed by atoms with Crippen LogP contribution in [-0.4, -0.2) is 13.5 Å². The molecule has 4 rings (SSSR count). The Morgan fingerprint density at radius 1 is 0.517 bits per heavy atom. The molecule has 0 aliphatic heterocycles. The molecular weight excluding hydrogens is 375 g/mol. The molecule has 0 aromatic heterocycles. The second-order valence-corrected chi connectivity index (χ2v) is 11.5. The van der Waals surface area contributed by atoms with Gasteiger partial charge in [0.25, 0.3) is 0 Å². The third kappa shape index (κ3) is 3.25. The topological polar surface area (TPSA) is 18.5 Å². The zero-order chi connectivity index (χ0) is 20.0. The fourth-order valence-electron chi connectivity index (χ4n) is 4.05. The normalized spacial score (nSPS) is 12.7. The summed E-state index contributed by atoms with van der Waals surface area (Å²) in [6.07, 6.45) is 0.443. The maximum atomic E-state index is 7.19. The Morgan fingerprint density at radius 3 is 1.21 bits per heavy atom. The minimum absolute atomic E-state index is 0.443. The zero-order valence-corrected chi connectivity index (χ0v) is 17.4. The number of para-hydroxylation sites is 1. The molecule has 0 saturated heterocycles. The molecule has 4 aromatic rings. The molecule has 0 saturated carbocycles. The number of rotatable bonds is 7. The van der Waals surface area contributed by atoms with E-state index < -0.39 is 6.83 Å². The Labute approximate surface area is 172 Å². The summed E-state index contributed by atoms with van der Waals surface area (Å²) < 4.78 is 13.2. The molecule has 29 heavy (non-hydrogen) atoms. The first kappa shape index (κ1) is 19.4. The van der Waals surface area contributed by atoms with Crippen LogP contribution in [0.15, 0.2) is 121 Å². The monoisotopic (exact) mass is 400 g/mol. The second kappa shape index (κ2) is 8.21. The Morgan fingerprint density at radius 2 is 0.862 bits per heavy atom. The fraction of sp³-hybridized carbons (Fsp3) is 0.0769. The Hall–Kier alpha value is -2.93. The number of hydrogen-bond donors (Lipinski definition) is 0. The number of methoxy groups -OCH3 is 1. The molecule has 146 valence electrons. The van der Waals surface area contributed by atoms with Crippen molar-refractivity contribution < 1.29 is 9.26 Å². The number of hydrogen-bond acceptors (Lipinski definition) is 2. The summed E-state index contributed by atoms with van der Waals surface area (Å²) in [7, 11) is 1.75. The molecule has 0 aliphatic rings. The van der Waals surface area contributed by atoms with Gasteiger partial charge >= 0.3 is 173 Å². The SMILES string of the molecule is COCP(Oc1ccccc1)(c1ccccc1)(c1ccccc1)c1ccccc1. The molecule has 0 aliphatic carbocycles. The summed E-state index contributed by atoms with van der Waals surface area (Å²) in [6, 6.07) is 41.6. The number of ether oxygens (including phenoxy) is 1. The number of benzene rings is 4. The van der Waals surface area contributed by atoms with Gasteiger partial charge in [-0.05, 0) is 0 Å². The molecule has 0 fully saturated rings. The maximum absolute atomic E-state index is 7.19. The molecule has 0 atom stereocenters. The molecule has 0 unspecified atom stereocenters. The van der Waals surface area contributed by atoms with E-state index in [0.29, 0.717) is 6.35 Å². The summed E-state index contributed by atoms with van der Waals surface area (Å²) >= 11 is 0. The average Bonchev–Trinajstić information content (AvgIpc) is 2.81. The van der Waals surface area contributed by atoms with Gasteiger partial charge in [0.15, 0.2) is 0 Å². The van der Waals surface area contributed by atoms with Gasteiger partial charge < -0.3 is 0 Å². The van der Waals surface area contributed by atoms with Crippen molar-refractivity contribution in [2.75, 3.05) is 13.5 Å². The third-order valence-corrected chi connectivity index (χ3v) is 10.9. The van der Waals surface area contributed by atoms with E-state index in [1.54, 1.807) is 7.11 Å². The molecule has 0 bridgehead atoms. The summed E-state index contributed by atoms with van der Waals surface area (Å²) in [5.41, 5.74) is 0. The zero-order valence-electron chi connectivity index (χ0n) is 16.5. The molecule has 0 spiro atoms. The van der Waals surface area contributed by atoms with Gasteiger partial charge in [-0.2, -0.15) is 0 Å². The van der Waals surface area contributed by atoms with Crippen LogP contribution >= 0.6 is 6.83 Å². The van der Waals surface area contributed by atoms with E-state index in [1.165, 1.54) is 0 Å². The molecule has 0 N–H and O–H groups in total. The van der Waals surface area contributed by atoms with E-state index in [-0.39, 0.29) is 0 Å². The van der Waals surface area contributed by atoms with Gasteiger partial charge in [-0.3, -0.25) is 0 Å². The van der Waals surface area contributed by atoms with Crippen LogP contribution in [-0.2, 0) is 4.74 Å². The fourth-order valence-corrected chi connectivity index (χ4v) is 9.24. The average molecular weight is 400 g/mol. The summed E-state index contributed by atoms with van der Waals surface area (Å²) in [6.45, 7) is -3.46. The van der Waals surface area contributed by atoms with Crippen LogP contribution in [0.5, 0.6) is 5.75 Å². The van der Waals surface area contributed by atoms with Gasteiger partial charge in [0, 0.05) is 0 Å². The van der Waals surface area contributed by atoms with E-state index in [9.17, 15) is 0 Å². The summed E-state index contributed by atoms with van der Waals surface area (Å²) in [5, 5.41) is 3.42. The Balaban J connectivity index is 2.16.